The van der Waals surface area contributed by atoms with Crippen molar-refractivity contribution >= 4 is 29.8 Å². The van der Waals surface area contributed by atoms with Crippen LogP contribution in [0.3, 0.4) is 0 Å². The molecular formula is C6H14O5S3. The molecule has 0 fully saturated rings. The maximum Gasteiger partial charge on any atom is 0.319 e. The summed E-state index contributed by atoms with van der Waals surface area (Å²) < 4.78 is 51.3. The van der Waals surface area contributed by atoms with E-state index in [9.17, 15) is 16.8 Å². The molecule has 0 unspecified atom stereocenters. The van der Waals surface area contributed by atoms with E-state index in [2.05, 4.69) is 0 Å². The van der Waals surface area contributed by atoms with Crippen LogP contribution in [0.2, 0.25) is 0 Å². The van der Waals surface area contributed by atoms with E-state index >= 15 is 0 Å². The largest absolute Gasteiger partial charge is 0.319 e. The van der Waals surface area contributed by atoms with Gasteiger partial charge in [0, 0.05) is 5.75 Å². The van der Waals surface area contributed by atoms with Crippen molar-refractivity contribution in [2.45, 2.75) is 13.8 Å². The molecule has 0 atom stereocenters. The molecule has 0 saturated carbocycles. The normalized spacial score (nSPS) is 13.4. The highest BCUT2D eigenvalue weighted by atomic mass is 33.1. The first kappa shape index (κ1) is 14.2. The molecule has 0 spiro atoms. The minimum atomic E-state index is -4.12. The van der Waals surface area contributed by atoms with Gasteiger partial charge in [0.05, 0.1) is 11.5 Å². The van der Waals surface area contributed by atoms with E-state index in [1.807, 2.05) is 0 Å². The summed E-state index contributed by atoms with van der Waals surface area (Å²) in [6, 6.07) is 0. The predicted octanol–water partition coefficient (Wildman–Crippen LogP) is 0.593. The zero-order valence-electron chi connectivity index (χ0n) is 8.00. The van der Waals surface area contributed by atoms with Crippen molar-refractivity contribution in [3.8, 4) is 0 Å². The molecule has 8 heteroatoms. The van der Waals surface area contributed by atoms with E-state index in [1.165, 1.54) is 0 Å². The molecule has 0 aliphatic rings. The molecule has 0 heterocycles. The molecule has 0 bridgehead atoms. The van der Waals surface area contributed by atoms with Gasteiger partial charge in [-0.15, -0.1) is 0 Å². The van der Waals surface area contributed by atoms with Crippen LogP contribution in [0, 0.1) is 5.92 Å². The second-order valence-corrected chi connectivity index (χ2v) is 8.96. The van der Waals surface area contributed by atoms with Crippen LogP contribution in [0.15, 0.2) is 0 Å². The van der Waals surface area contributed by atoms with E-state index in [1.54, 1.807) is 13.8 Å². The fourth-order valence-corrected chi connectivity index (χ4v) is 4.78. The average molecular weight is 262 g/mol. The summed E-state index contributed by atoms with van der Waals surface area (Å²) in [4.78, 5) is 0. The highest BCUT2D eigenvalue weighted by Gasteiger charge is 2.15. The Bertz CT molecular complexity index is 353. The lowest BCUT2D eigenvalue weighted by atomic mass is 10.3. The maximum atomic E-state index is 11.2. The molecule has 0 amide bonds. The van der Waals surface area contributed by atoms with Crippen molar-refractivity contribution in [1.29, 1.82) is 0 Å². The van der Waals surface area contributed by atoms with Gasteiger partial charge in [-0.3, -0.25) is 4.55 Å². The maximum absolute atomic E-state index is 11.2. The first-order chi connectivity index (χ1) is 6.12. The summed E-state index contributed by atoms with van der Waals surface area (Å²) in [6.45, 7) is 3.54. The van der Waals surface area contributed by atoms with Crippen LogP contribution < -0.4 is 0 Å². The summed E-state index contributed by atoms with van der Waals surface area (Å²) in [5.41, 5.74) is 0. The molecule has 5 nitrogen and oxygen atoms in total. The van der Waals surface area contributed by atoms with Gasteiger partial charge < -0.3 is 0 Å². The van der Waals surface area contributed by atoms with Crippen LogP contribution >= 0.6 is 10.8 Å². The smallest absolute Gasteiger partial charge is 0.277 e. The van der Waals surface area contributed by atoms with Crippen LogP contribution in [0.25, 0.3) is 0 Å². The summed E-state index contributed by atoms with van der Waals surface area (Å²) in [7, 11) is -7.09. The van der Waals surface area contributed by atoms with Crippen LogP contribution in [0.5, 0.6) is 0 Å². The van der Waals surface area contributed by atoms with Gasteiger partial charge in [-0.05, 0) is 16.7 Å². The van der Waals surface area contributed by atoms with Crippen molar-refractivity contribution in [3.05, 3.63) is 0 Å². The summed E-state index contributed by atoms with van der Waals surface area (Å²) in [6.07, 6.45) is 0. The quantitative estimate of drug-likeness (QED) is 0.557. The topological polar surface area (TPSA) is 88.5 Å². The van der Waals surface area contributed by atoms with Crippen LogP contribution in [0.1, 0.15) is 13.8 Å². The standard InChI is InChI=1S/C6H14O5S3/c1-6(2)5-13(7,8)4-3-12-14(9,10)11/h6H,3-5H2,1-2H3,(H,9,10,11). The number of rotatable bonds is 6. The Morgan fingerprint density at radius 3 is 2.07 bits per heavy atom. The second kappa shape index (κ2) is 5.34. The molecule has 86 valence electrons. The summed E-state index contributed by atoms with van der Waals surface area (Å²) in [5, 5.41) is 0. The molecule has 0 aromatic rings. The molecule has 1 N–H and O–H groups in total. The lowest BCUT2D eigenvalue weighted by Crippen LogP contribution is -2.17. The molecule has 0 aliphatic carbocycles. The van der Waals surface area contributed by atoms with Crippen LogP contribution in [0.4, 0.5) is 0 Å². The fraction of sp³-hybridized carbons (Fsp3) is 1.00. The van der Waals surface area contributed by atoms with E-state index in [0.717, 1.165) is 0 Å². The molecule has 14 heavy (non-hydrogen) atoms. The first-order valence-electron chi connectivity index (χ1n) is 3.94. The highest BCUT2D eigenvalue weighted by Crippen LogP contribution is 2.11. The second-order valence-electron chi connectivity index (χ2n) is 3.26. The number of sulfone groups is 1. The van der Waals surface area contributed by atoms with Gasteiger partial charge >= 0.3 is 9.15 Å². The van der Waals surface area contributed by atoms with Gasteiger partial charge in [0.15, 0.2) is 9.84 Å². The van der Waals surface area contributed by atoms with Gasteiger partial charge in [0.25, 0.3) is 0 Å². The van der Waals surface area contributed by atoms with Crippen molar-refractivity contribution < 1.29 is 21.4 Å². The van der Waals surface area contributed by atoms with E-state index in [4.69, 9.17) is 4.55 Å². The lowest BCUT2D eigenvalue weighted by molar-refractivity contribution is 0.503. The Morgan fingerprint density at radius 2 is 1.71 bits per heavy atom. The summed E-state index contributed by atoms with van der Waals surface area (Å²) >= 11 is 0. The van der Waals surface area contributed by atoms with Crippen molar-refractivity contribution in [1.82, 2.24) is 0 Å². The minimum absolute atomic E-state index is 0.0238. The third-order valence-electron chi connectivity index (χ3n) is 1.21. The van der Waals surface area contributed by atoms with Crippen molar-refractivity contribution in [2.75, 3.05) is 17.3 Å². The van der Waals surface area contributed by atoms with E-state index in [-0.39, 0.29) is 34.0 Å². The first-order valence-corrected chi connectivity index (χ1v) is 8.71. The number of hydrogen-bond acceptors (Lipinski definition) is 5. The SMILES string of the molecule is CC(C)CS(=O)(=O)CCSS(=O)(=O)O. The minimum Gasteiger partial charge on any atom is -0.277 e. The molecule has 0 aliphatic heterocycles. The van der Waals surface area contributed by atoms with Gasteiger partial charge in [0.2, 0.25) is 0 Å². The Hall–Kier alpha value is 0.210. The molecule has 0 rings (SSSR count). The van der Waals surface area contributed by atoms with E-state index in [0.29, 0.717) is 0 Å². The summed E-state index contributed by atoms with van der Waals surface area (Å²) in [5.74, 6) is -0.293. The molecule has 0 aromatic heterocycles. The lowest BCUT2D eigenvalue weighted by Gasteiger charge is -2.05. The zero-order valence-corrected chi connectivity index (χ0v) is 10.5. The third kappa shape index (κ3) is 8.79. The third-order valence-corrected chi connectivity index (χ3v) is 5.54. The average Bonchev–Trinajstić information content (AvgIpc) is 1.78. The number of hydrogen-bond donors (Lipinski definition) is 1. The molecule has 0 radical (unpaired) electrons. The van der Waals surface area contributed by atoms with Gasteiger partial charge in [0.1, 0.15) is 0 Å². The Morgan fingerprint density at radius 1 is 1.21 bits per heavy atom. The Labute approximate surface area is 88.3 Å². The zero-order chi connectivity index (χ0) is 11.4. The van der Waals surface area contributed by atoms with Gasteiger partial charge in [-0.1, -0.05) is 13.8 Å². The van der Waals surface area contributed by atoms with E-state index < -0.39 is 19.0 Å². The fourth-order valence-electron chi connectivity index (χ4n) is 0.857. The van der Waals surface area contributed by atoms with Crippen molar-refractivity contribution in [2.24, 2.45) is 5.92 Å². The molecular weight excluding hydrogens is 248 g/mol. The van der Waals surface area contributed by atoms with Gasteiger partial charge in [-0.2, -0.15) is 8.42 Å². The van der Waals surface area contributed by atoms with Crippen molar-refractivity contribution in [3.63, 3.8) is 0 Å². The monoisotopic (exact) mass is 262 g/mol. The molecule has 0 saturated heterocycles. The highest BCUT2D eigenvalue weighted by molar-refractivity contribution is 8.70. The predicted molar refractivity (Wildman–Crippen MR) is 57.5 cm³/mol. The van der Waals surface area contributed by atoms with Crippen LogP contribution in [-0.4, -0.2) is 38.6 Å². The Kier molecular flexibility index (Phi) is 5.42. The van der Waals surface area contributed by atoms with Gasteiger partial charge in [-0.25, -0.2) is 8.42 Å². The Balaban J connectivity index is 4.02. The van der Waals surface area contributed by atoms with Crippen LogP contribution in [-0.2, 0) is 19.0 Å². The molecule has 0 aromatic carbocycles.